The fraction of sp³-hybridized carbons (Fsp3) is 0.174. The molecule has 3 aromatic carbocycles. The van der Waals surface area contributed by atoms with Crippen LogP contribution in [0, 0.1) is 12.7 Å². The minimum atomic E-state index is -4.07. The van der Waals surface area contributed by atoms with Crippen LogP contribution in [0.4, 0.5) is 10.1 Å². The summed E-state index contributed by atoms with van der Waals surface area (Å²) in [6, 6.07) is 20.3. The first kappa shape index (κ1) is 22.3. The number of carbonyl (C=O) groups excluding carboxylic acids is 1. The predicted molar refractivity (Wildman–Crippen MR) is 117 cm³/mol. The Bertz CT molecular complexity index is 1100. The number of amides is 1. The van der Waals surface area contributed by atoms with Crippen LogP contribution in [0.1, 0.15) is 5.56 Å². The molecule has 0 unspecified atom stereocenters. The monoisotopic (exact) mass is 442 g/mol. The number of anilines is 1. The normalized spacial score (nSPS) is 11.0. The quantitative estimate of drug-likeness (QED) is 0.515. The van der Waals surface area contributed by atoms with Crippen LogP contribution in [-0.2, 0) is 14.8 Å². The summed E-state index contributed by atoms with van der Waals surface area (Å²) in [6.45, 7) is 2.01. The highest BCUT2D eigenvalue weighted by Gasteiger charge is 2.27. The Morgan fingerprint density at radius 3 is 2.26 bits per heavy atom. The van der Waals surface area contributed by atoms with Crippen molar-refractivity contribution in [3.8, 4) is 5.75 Å². The Labute approximate surface area is 181 Å². The van der Waals surface area contributed by atoms with Gasteiger partial charge in [-0.3, -0.25) is 9.10 Å². The summed E-state index contributed by atoms with van der Waals surface area (Å²) in [5.74, 6) is -0.344. The lowest BCUT2D eigenvalue weighted by Gasteiger charge is -2.24. The highest BCUT2D eigenvalue weighted by molar-refractivity contribution is 7.92. The summed E-state index contributed by atoms with van der Waals surface area (Å²) in [6.07, 6.45) is 0. The molecule has 0 aromatic heterocycles. The molecule has 0 atom stereocenters. The maximum absolute atomic E-state index is 13.2. The molecule has 0 fully saturated rings. The average Bonchev–Trinajstić information content (AvgIpc) is 2.77. The van der Waals surface area contributed by atoms with Gasteiger partial charge in [0.25, 0.3) is 10.0 Å². The molecule has 0 spiro atoms. The van der Waals surface area contributed by atoms with Gasteiger partial charge in [0.2, 0.25) is 5.91 Å². The molecule has 0 aliphatic heterocycles. The zero-order valence-corrected chi connectivity index (χ0v) is 17.8. The summed E-state index contributed by atoms with van der Waals surface area (Å²) in [5, 5.41) is 2.67. The van der Waals surface area contributed by atoms with Crippen molar-refractivity contribution in [1.29, 1.82) is 0 Å². The van der Waals surface area contributed by atoms with Crippen LogP contribution in [0.3, 0.4) is 0 Å². The zero-order chi connectivity index (χ0) is 22.3. The molecule has 0 radical (unpaired) electrons. The summed E-state index contributed by atoms with van der Waals surface area (Å²) < 4.78 is 46.0. The molecule has 0 saturated carbocycles. The van der Waals surface area contributed by atoms with Gasteiger partial charge in [0, 0.05) is 0 Å². The highest BCUT2D eigenvalue weighted by Crippen LogP contribution is 2.23. The lowest BCUT2D eigenvalue weighted by Crippen LogP contribution is -2.41. The van der Waals surface area contributed by atoms with Crippen LogP contribution in [0.15, 0.2) is 83.8 Å². The molecule has 6 nitrogen and oxygen atoms in total. The number of hydrogen-bond acceptors (Lipinski definition) is 4. The molecule has 8 heteroatoms. The van der Waals surface area contributed by atoms with E-state index < -0.39 is 28.3 Å². The van der Waals surface area contributed by atoms with Gasteiger partial charge in [-0.05, 0) is 55.5 Å². The van der Waals surface area contributed by atoms with Gasteiger partial charge >= 0.3 is 0 Å². The third-order valence-electron chi connectivity index (χ3n) is 4.45. The van der Waals surface area contributed by atoms with E-state index in [1.807, 2.05) is 31.2 Å². The third-order valence-corrected chi connectivity index (χ3v) is 6.24. The Morgan fingerprint density at radius 2 is 1.61 bits per heavy atom. The van der Waals surface area contributed by atoms with Crippen molar-refractivity contribution in [3.63, 3.8) is 0 Å². The van der Waals surface area contributed by atoms with E-state index in [-0.39, 0.29) is 18.0 Å². The number of carbonyl (C=O) groups is 1. The summed E-state index contributed by atoms with van der Waals surface area (Å²) >= 11 is 0. The molecule has 1 amide bonds. The number of ether oxygens (including phenoxy) is 1. The van der Waals surface area contributed by atoms with Crippen LogP contribution in [0.25, 0.3) is 0 Å². The van der Waals surface area contributed by atoms with Crippen molar-refractivity contribution >= 4 is 21.6 Å². The number of nitrogens with zero attached hydrogens (tertiary/aromatic N) is 1. The maximum Gasteiger partial charge on any atom is 0.264 e. The van der Waals surface area contributed by atoms with Gasteiger partial charge in [0.1, 0.15) is 24.7 Å². The van der Waals surface area contributed by atoms with Gasteiger partial charge in [-0.1, -0.05) is 35.9 Å². The van der Waals surface area contributed by atoms with E-state index >= 15 is 0 Å². The Morgan fingerprint density at radius 1 is 0.968 bits per heavy atom. The molecular formula is C23H23FN2O4S. The van der Waals surface area contributed by atoms with Gasteiger partial charge in [-0.25, -0.2) is 12.8 Å². The number of halogens is 1. The van der Waals surface area contributed by atoms with Gasteiger partial charge in [0.05, 0.1) is 17.1 Å². The van der Waals surface area contributed by atoms with Crippen LogP contribution in [0.5, 0.6) is 5.75 Å². The van der Waals surface area contributed by atoms with E-state index in [0.717, 1.165) is 22.0 Å². The van der Waals surface area contributed by atoms with Crippen molar-refractivity contribution in [1.82, 2.24) is 5.32 Å². The van der Waals surface area contributed by atoms with Crippen LogP contribution < -0.4 is 14.4 Å². The van der Waals surface area contributed by atoms with Gasteiger partial charge in [-0.2, -0.15) is 0 Å². The lowest BCUT2D eigenvalue weighted by molar-refractivity contribution is -0.119. The number of benzene rings is 3. The van der Waals surface area contributed by atoms with Gasteiger partial charge < -0.3 is 10.1 Å². The minimum Gasteiger partial charge on any atom is -0.492 e. The number of hydrogen-bond donors (Lipinski definition) is 1. The fourth-order valence-corrected chi connectivity index (χ4v) is 4.24. The number of nitrogens with one attached hydrogen (secondary N) is 1. The van der Waals surface area contributed by atoms with E-state index in [4.69, 9.17) is 4.74 Å². The van der Waals surface area contributed by atoms with Gasteiger partial charge in [-0.15, -0.1) is 0 Å². The molecule has 0 aliphatic carbocycles. The number of sulfonamides is 1. The Balaban J connectivity index is 1.66. The van der Waals surface area contributed by atoms with E-state index in [0.29, 0.717) is 11.4 Å². The van der Waals surface area contributed by atoms with E-state index in [2.05, 4.69) is 5.32 Å². The van der Waals surface area contributed by atoms with Crippen LogP contribution in [0.2, 0.25) is 0 Å². The Hall–Kier alpha value is -3.39. The van der Waals surface area contributed by atoms with Crippen molar-refractivity contribution in [2.45, 2.75) is 11.8 Å². The fourth-order valence-electron chi connectivity index (χ4n) is 2.82. The largest absolute Gasteiger partial charge is 0.492 e. The number of aryl methyl sites for hydroxylation is 1. The summed E-state index contributed by atoms with van der Waals surface area (Å²) in [5.41, 5.74) is 1.45. The van der Waals surface area contributed by atoms with Crippen LogP contribution >= 0.6 is 0 Å². The molecule has 1 N–H and O–H groups in total. The SMILES string of the molecule is Cc1ccc(OCCNC(=O)CN(c2ccccc2)S(=O)(=O)c2ccc(F)cc2)cc1. The smallest absolute Gasteiger partial charge is 0.264 e. The maximum atomic E-state index is 13.2. The number of para-hydroxylation sites is 1. The van der Waals surface area contributed by atoms with Crippen LogP contribution in [-0.4, -0.2) is 34.0 Å². The third kappa shape index (κ3) is 6.05. The lowest BCUT2D eigenvalue weighted by atomic mass is 10.2. The molecule has 0 bridgehead atoms. The molecule has 0 heterocycles. The summed E-state index contributed by atoms with van der Waals surface area (Å²) in [7, 11) is -4.07. The zero-order valence-electron chi connectivity index (χ0n) is 17.0. The van der Waals surface area contributed by atoms with E-state index in [9.17, 15) is 17.6 Å². The first-order chi connectivity index (χ1) is 14.9. The topological polar surface area (TPSA) is 75.7 Å². The Kier molecular flexibility index (Phi) is 7.25. The standard InChI is InChI=1S/C23H23FN2O4S/c1-18-7-11-21(12-8-18)30-16-15-25-23(27)17-26(20-5-3-2-4-6-20)31(28,29)22-13-9-19(24)10-14-22/h2-14H,15-17H2,1H3,(H,25,27). The van der Waals surface area contributed by atoms with Crippen molar-refractivity contribution in [3.05, 3.63) is 90.2 Å². The molecule has 31 heavy (non-hydrogen) atoms. The first-order valence-corrected chi connectivity index (χ1v) is 11.1. The second-order valence-corrected chi connectivity index (χ2v) is 8.67. The second-order valence-electron chi connectivity index (χ2n) is 6.81. The highest BCUT2D eigenvalue weighted by atomic mass is 32.2. The summed E-state index contributed by atoms with van der Waals surface area (Å²) in [4.78, 5) is 12.4. The molecule has 3 aromatic rings. The number of rotatable bonds is 9. The van der Waals surface area contributed by atoms with Gasteiger partial charge in [0.15, 0.2) is 0 Å². The predicted octanol–water partition coefficient (Wildman–Crippen LogP) is 3.52. The first-order valence-electron chi connectivity index (χ1n) is 9.66. The van der Waals surface area contributed by atoms with E-state index in [1.165, 1.54) is 12.1 Å². The molecule has 3 rings (SSSR count). The molecule has 0 saturated heterocycles. The van der Waals surface area contributed by atoms with Crippen molar-refractivity contribution in [2.24, 2.45) is 0 Å². The average molecular weight is 443 g/mol. The molecule has 162 valence electrons. The second kappa shape index (κ2) is 10.1. The molecule has 0 aliphatic rings. The minimum absolute atomic E-state index is 0.103. The van der Waals surface area contributed by atoms with Crippen molar-refractivity contribution < 1.29 is 22.3 Å². The van der Waals surface area contributed by atoms with Crippen molar-refractivity contribution in [2.75, 3.05) is 24.0 Å². The molecular weight excluding hydrogens is 419 g/mol. The van der Waals surface area contributed by atoms with E-state index in [1.54, 1.807) is 30.3 Å².